The molecule has 0 aliphatic rings. The van der Waals surface area contributed by atoms with Gasteiger partial charge in [0.05, 0.1) is 34.7 Å². The van der Waals surface area contributed by atoms with Gasteiger partial charge in [-0.1, -0.05) is 16.8 Å². The Hall–Kier alpha value is -1.59. The molecule has 0 bridgehead atoms. The quantitative estimate of drug-likeness (QED) is 0.694. The number of nitrogens with zero attached hydrogens (tertiary/aromatic N) is 3. The number of benzene rings is 1. The van der Waals surface area contributed by atoms with Crippen molar-refractivity contribution in [1.82, 2.24) is 14.7 Å². The lowest BCUT2D eigenvalue weighted by Crippen LogP contribution is -2.03. The summed E-state index contributed by atoms with van der Waals surface area (Å²) < 4.78 is 20.4. The summed E-state index contributed by atoms with van der Waals surface area (Å²) in [6, 6.07) is 4.56. The molecular weight excluding hydrogens is 292 g/mol. The maximum atomic E-state index is 13.6. The second kappa shape index (κ2) is 4.83. The van der Waals surface area contributed by atoms with E-state index in [4.69, 9.17) is 27.7 Å². The van der Waals surface area contributed by atoms with Gasteiger partial charge in [0.15, 0.2) is 5.76 Å². The van der Waals surface area contributed by atoms with Crippen LogP contribution in [0.1, 0.15) is 11.6 Å². The number of imidazole rings is 1. The zero-order valence-corrected chi connectivity index (χ0v) is 11.1. The second-order valence-electron chi connectivity index (χ2n) is 3.98. The Balaban J connectivity index is 2.17. The maximum absolute atomic E-state index is 13.6. The molecule has 0 aliphatic heterocycles. The first-order chi connectivity index (χ1) is 9.19. The molecule has 0 aliphatic carbocycles. The van der Waals surface area contributed by atoms with E-state index in [1.165, 1.54) is 12.1 Å². The Morgan fingerprint density at radius 3 is 2.89 bits per heavy atom. The number of fused-ring (bicyclic) bond motifs is 1. The summed E-state index contributed by atoms with van der Waals surface area (Å²) in [5.41, 5.74) is 1.22. The lowest BCUT2D eigenvalue weighted by atomic mass is 10.3. The van der Waals surface area contributed by atoms with E-state index >= 15 is 0 Å². The second-order valence-corrected chi connectivity index (χ2v) is 4.66. The molecule has 0 amide bonds. The van der Waals surface area contributed by atoms with Crippen LogP contribution in [0.5, 0.6) is 0 Å². The third-order valence-electron chi connectivity index (χ3n) is 2.79. The molecule has 3 aromatic rings. The molecule has 0 spiro atoms. The van der Waals surface area contributed by atoms with E-state index in [1.807, 2.05) is 0 Å². The van der Waals surface area contributed by atoms with Gasteiger partial charge >= 0.3 is 0 Å². The molecule has 0 radical (unpaired) electrons. The fourth-order valence-corrected chi connectivity index (χ4v) is 2.29. The first-order valence-electron chi connectivity index (χ1n) is 5.48. The van der Waals surface area contributed by atoms with Crippen LogP contribution >= 0.6 is 23.2 Å². The van der Waals surface area contributed by atoms with Crippen LogP contribution in [0.3, 0.4) is 0 Å². The van der Waals surface area contributed by atoms with Crippen molar-refractivity contribution in [1.29, 1.82) is 0 Å². The zero-order valence-electron chi connectivity index (χ0n) is 9.61. The van der Waals surface area contributed by atoms with Crippen molar-refractivity contribution in [3.63, 3.8) is 0 Å². The van der Waals surface area contributed by atoms with Crippen molar-refractivity contribution in [2.75, 3.05) is 0 Å². The van der Waals surface area contributed by atoms with Gasteiger partial charge in [-0.05, 0) is 6.07 Å². The summed E-state index contributed by atoms with van der Waals surface area (Å²) in [5, 5.41) is 3.67. The normalized spacial score (nSPS) is 11.3. The van der Waals surface area contributed by atoms with Gasteiger partial charge in [0.1, 0.15) is 11.6 Å². The highest BCUT2D eigenvalue weighted by atomic mass is 35.5. The minimum absolute atomic E-state index is 0.0398. The standard InChI is InChI=1S/C12H8Cl2FN3O/c13-5-12-17-10-3-8(14)9(15)4-11(10)18(12)6-7-1-2-16-19-7/h1-4H,5-6H2. The van der Waals surface area contributed by atoms with Gasteiger partial charge in [-0.25, -0.2) is 9.37 Å². The van der Waals surface area contributed by atoms with Crippen LogP contribution < -0.4 is 0 Å². The van der Waals surface area contributed by atoms with Gasteiger partial charge in [0.25, 0.3) is 0 Å². The Bertz CT molecular complexity index is 724. The molecule has 0 unspecified atom stereocenters. The minimum Gasteiger partial charge on any atom is -0.359 e. The van der Waals surface area contributed by atoms with Gasteiger partial charge < -0.3 is 9.09 Å². The highest BCUT2D eigenvalue weighted by Crippen LogP contribution is 2.25. The molecule has 2 aromatic heterocycles. The lowest BCUT2D eigenvalue weighted by Gasteiger charge is -2.05. The summed E-state index contributed by atoms with van der Waals surface area (Å²) in [7, 11) is 0. The molecule has 0 fully saturated rings. The number of halogens is 3. The third kappa shape index (κ3) is 2.19. The molecule has 7 heteroatoms. The largest absolute Gasteiger partial charge is 0.359 e. The highest BCUT2D eigenvalue weighted by Gasteiger charge is 2.14. The van der Waals surface area contributed by atoms with Gasteiger partial charge in [-0.2, -0.15) is 0 Å². The van der Waals surface area contributed by atoms with Gasteiger partial charge in [0.2, 0.25) is 0 Å². The molecule has 0 saturated carbocycles. The van der Waals surface area contributed by atoms with Crippen molar-refractivity contribution >= 4 is 34.2 Å². The van der Waals surface area contributed by atoms with Crippen LogP contribution in [-0.4, -0.2) is 14.7 Å². The topological polar surface area (TPSA) is 43.9 Å². The molecule has 0 atom stereocenters. The lowest BCUT2D eigenvalue weighted by molar-refractivity contribution is 0.376. The minimum atomic E-state index is -0.492. The smallest absolute Gasteiger partial charge is 0.156 e. The van der Waals surface area contributed by atoms with E-state index in [0.29, 0.717) is 29.2 Å². The number of aromatic nitrogens is 3. The number of rotatable bonds is 3. The van der Waals surface area contributed by atoms with Crippen LogP contribution in [-0.2, 0) is 12.4 Å². The summed E-state index contributed by atoms with van der Waals surface area (Å²) in [6.45, 7) is 0.389. The van der Waals surface area contributed by atoms with E-state index in [-0.39, 0.29) is 10.9 Å². The van der Waals surface area contributed by atoms with E-state index in [2.05, 4.69) is 10.1 Å². The molecule has 0 saturated heterocycles. The molecule has 1 aromatic carbocycles. The molecule has 3 rings (SSSR count). The predicted octanol–water partition coefficient (Wildman–Crippen LogP) is 3.60. The van der Waals surface area contributed by atoms with Crippen LogP contribution in [0.15, 0.2) is 28.9 Å². The molecule has 4 nitrogen and oxygen atoms in total. The van der Waals surface area contributed by atoms with Crippen molar-refractivity contribution in [2.45, 2.75) is 12.4 Å². The number of hydrogen-bond donors (Lipinski definition) is 0. The molecule has 19 heavy (non-hydrogen) atoms. The van der Waals surface area contributed by atoms with Crippen LogP contribution in [0.2, 0.25) is 5.02 Å². The van der Waals surface area contributed by atoms with Crippen molar-refractivity contribution in [3.8, 4) is 0 Å². The molecule has 98 valence electrons. The number of hydrogen-bond acceptors (Lipinski definition) is 3. The monoisotopic (exact) mass is 299 g/mol. The Labute approximate surface area is 117 Å². The van der Waals surface area contributed by atoms with Crippen molar-refractivity contribution in [2.24, 2.45) is 0 Å². The first-order valence-corrected chi connectivity index (χ1v) is 6.40. The summed E-state index contributed by atoms with van der Waals surface area (Å²) in [6.07, 6.45) is 1.55. The third-order valence-corrected chi connectivity index (χ3v) is 3.32. The van der Waals surface area contributed by atoms with Gasteiger partial charge in [0, 0.05) is 12.1 Å². The van der Waals surface area contributed by atoms with Crippen molar-refractivity contribution in [3.05, 3.63) is 46.8 Å². The average Bonchev–Trinajstić information content (AvgIpc) is 3.00. The maximum Gasteiger partial charge on any atom is 0.156 e. The van der Waals surface area contributed by atoms with Crippen LogP contribution in [0.25, 0.3) is 11.0 Å². The highest BCUT2D eigenvalue weighted by molar-refractivity contribution is 6.31. The Kier molecular flexibility index (Phi) is 3.16. The summed E-state index contributed by atoms with van der Waals surface area (Å²) >= 11 is 11.6. The van der Waals surface area contributed by atoms with E-state index in [0.717, 1.165) is 0 Å². The Morgan fingerprint density at radius 2 is 2.21 bits per heavy atom. The fraction of sp³-hybridized carbons (Fsp3) is 0.167. The van der Waals surface area contributed by atoms with E-state index in [9.17, 15) is 4.39 Å². The Morgan fingerprint density at radius 1 is 1.37 bits per heavy atom. The molecule has 0 N–H and O–H groups in total. The van der Waals surface area contributed by atoms with Crippen molar-refractivity contribution < 1.29 is 8.91 Å². The van der Waals surface area contributed by atoms with E-state index in [1.54, 1.807) is 16.8 Å². The van der Waals surface area contributed by atoms with Crippen LogP contribution in [0, 0.1) is 5.82 Å². The van der Waals surface area contributed by atoms with Crippen LogP contribution in [0.4, 0.5) is 4.39 Å². The van der Waals surface area contributed by atoms with E-state index < -0.39 is 5.82 Å². The van der Waals surface area contributed by atoms with Gasteiger partial charge in [-0.15, -0.1) is 11.6 Å². The molecular formula is C12H8Cl2FN3O. The zero-order chi connectivity index (χ0) is 13.4. The summed E-state index contributed by atoms with van der Waals surface area (Å²) in [4.78, 5) is 4.33. The number of alkyl halides is 1. The van der Waals surface area contributed by atoms with Gasteiger partial charge in [-0.3, -0.25) is 0 Å². The predicted molar refractivity (Wildman–Crippen MR) is 69.9 cm³/mol. The molecule has 2 heterocycles. The first kappa shape index (κ1) is 12.4. The fourth-order valence-electron chi connectivity index (χ4n) is 1.93. The average molecular weight is 300 g/mol. The SMILES string of the molecule is Fc1cc2c(cc1Cl)nc(CCl)n2Cc1ccno1. The summed E-state index contributed by atoms with van der Waals surface area (Å²) in [5.74, 6) is 0.979.